The second-order valence-electron chi connectivity index (χ2n) is 7.52. The lowest BCUT2D eigenvalue weighted by atomic mass is 9.78. The van der Waals surface area contributed by atoms with Gasteiger partial charge in [0.2, 0.25) is 0 Å². The van der Waals surface area contributed by atoms with Crippen LogP contribution in [-0.2, 0) is 6.42 Å². The van der Waals surface area contributed by atoms with Crippen LogP contribution in [0, 0.1) is 5.92 Å². The average molecular weight is 321 g/mol. The van der Waals surface area contributed by atoms with E-state index in [9.17, 15) is 0 Å². The molecular weight excluding hydrogens is 288 g/mol. The highest BCUT2D eigenvalue weighted by Crippen LogP contribution is 2.37. The lowest BCUT2D eigenvalue weighted by molar-refractivity contribution is 0.375. The van der Waals surface area contributed by atoms with E-state index in [1.165, 1.54) is 67.7 Å². The monoisotopic (exact) mass is 320 g/mol. The summed E-state index contributed by atoms with van der Waals surface area (Å²) in [5.41, 5.74) is 3.03. The van der Waals surface area contributed by atoms with Crippen LogP contribution in [0.4, 0.5) is 0 Å². The highest BCUT2D eigenvalue weighted by Gasteiger charge is 2.20. The summed E-state index contributed by atoms with van der Waals surface area (Å²) < 4.78 is 0. The van der Waals surface area contributed by atoms with Gasteiger partial charge >= 0.3 is 0 Å². The van der Waals surface area contributed by atoms with Crippen molar-refractivity contribution in [2.24, 2.45) is 5.92 Å². The molecule has 128 valence electrons. The molecule has 2 aromatic carbocycles. The van der Waals surface area contributed by atoms with E-state index < -0.39 is 0 Å². The maximum atomic E-state index is 2.48. The Bertz CT molecular complexity index is 671. The molecule has 0 aromatic heterocycles. The quantitative estimate of drug-likeness (QED) is 0.486. The number of hydrogen-bond donors (Lipinski definition) is 0. The fourth-order valence-corrected chi connectivity index (χ4v) is 4.11. The lowest BCUT2D eigenvalue weighted by Crippen LogP contribution is -2.11. The summed E-state index contributed by atoms with van der Waals surface area (Å²) in [6.45, 7) is 4.51. The van der Waals surface area contributed by atoms with Crippen molar-refractivity contribution in [3.63, 3.8) is 0 Å². The van der Waals surface area contributed by atoms with Crippen molar-refractivity contribution in [2.45, 2.75) is 71.1 Å². The molecule has 0 spiro atoms. The molecule has 0 nitrogen and oxygen atoms in total. The van der Waals surface area contributed by atoms with Crippen molar-refractivity contribution in [3.05, 3.63) is 59.7 Å². The number of hydrogen-bond acceptors (Lipinski definition) is 0. The summed E-state index contributed by atoms with van der Waals surface area (Å²) in [6.07, 6.45) is 15.2. The van der Waals surface area contributed by atoms with E-state index in [0.29, 0.717) is 0 Å². The fraction of sp³-hybridized carbons (Fsp3) is 0.500. The molecule has 0 radical (unpaired) electrons. The summed E-state index contributed by atoms with van der Waals surface area (Å²) >= 11 is 0. The largest absolute Gasteiger partial charge is 0.0883 e. The van der Waals surface area contributed by atoms with Gasteiger partial charge in [-0.3, -0.25) is 0 Å². The molecule has 1 aliphatic carbocycles. The zero-order valence-electron chi connectivity index (χ0n) is 15.4. The summed E-state index contributed by atoms with van der Waals surface area (Å²) in [7, 11) is 0. The van der Waals surface area contributed by atoms with Crippen molar-refractivity contribution >= 4 is 10.8 Å². The predicted octanol–water partition coefficient (Wildman–Crippen LogP) is 7.42. The van der Waals surface area contributed by atoms with Crippen LogP contribution in [-0.4, -0.2) is 0 Å². The van der Waals surface area contributed by atoms with Crippen LogP contribution >= 0.6 is 0 Å². The van der Waals surface area contributed by atoms with Crippen molar-refractivity contribution in [3.8, 4) is 0 Å². The molecule has 0 unspecified atom stereocenters. The molecule has 0 atom stereocenters. The van der Waals surface area contributed by atoms with Crippen molar-refractivity contribution in [2.75, 3.05) is 0 Å². The van der Waals surface area contributed by atoms with Gasteiger partial charge < -0.3 is 0 Å². The summed E-state index contributed by atoms with van der Waals surface area (Å²) in [5, 5.41) is 2.82. The summed E-state index contributed by atoms with van der Waals surface area (Å²) in [6, 6.07) is 14.2. The minimum Gasteiger partial charge on any atom is -0.0883 e. The first-order valence-electron chi connectivity index (χ1n) is 9.99. The minimum absolute atomic E-state index is 0.764. The zero-order valence-corrected chi connectivity index (χ0v) is 15.4. The molecule has 0 N–H and O–H groups in total. The predicted molar refractivity (Wildman–Crippen MR) is 107 cm³/mol. The Morgan fingerprint density at radius 2 is 1.62 bits per heavy atom. The Hall–Kier alpha value is -1.56. The molecule has 24 heavy (non-hydrogen) atoms. The fourth-order valence-electron chi connectivity index (χ4n) is 4.11. The van der Waals surface area contributed by atoms with Gasteiger partial charge in [-0.1, -0.05) is 75.2 Å². The van der Waals surface area contributed by atoms with E-state index in [1.807, 2.05) is 0 Å². The minimum atomic E-state index is 0.764. The molecule has 0 saturated heterocycles. The Labute approximate surface area is 148 Å². The maximum absolute atomic E-state index is 2.48. The van der Waals surface area contributed by atoms with E-state index in [1.54, 1.807) is 5.56 Å². The highest BCUT2D eigenvalue weighted by atomic mass is 14.3. The van der Waals surface area contributed by atoms with Crippen LogP contribution in [0.1, 0.15) is 75.8 Å². The van der Waals surface area contributed by atoms with E-state index >= 15 is 0 Å². The normalized spacial score (nSPS) is 21.6. The van der Waals surface area contributed by atoms with E-state index in [0.717, 1.165) is 11.8 Å². The van der Waals surface area contributed by atoms with Gasteiger partial charge in [0.25, 0.3) is 0 Å². The van der Waals surface area contributed by atoms with Crippen LogP contribution in [0.2, 0.25) is 0 Å². The zero-order chi connectivity index (χ0) is 16.8. The molecule has 1 saturated carbocycles. The van der Waals surface area contributed by atoms with Crippen LogP contribution in [0.25, 0.3) is 10.8 Å². The first-order chi connectivity index (χ1) is 11.8. The number of allylic oxidation sites excluding steroid dienone is 2. The molecule has 1 fully saturated rings. The van der Waals surface area contributed by atoms with Crippen LogP contribution in [0.15, 0.2) is 48.6 Å². The van der Waals surface area contributed by atoms with Gasteiger partial charge in [0.15, 0.2) is 0 Å². The van der Waals surface area contributed by atoms with Crippen LogP contribution in [0.5, 0.6) is 0 Å². The van der Waals surface area contributed by atoms with Gasteiger partial charge in [0.1, 0.15) is 0 Å². The highest BCUT2D eigenvalue weighted by molar-refractivity contribution is 5.84. The molecule has 0 heteroatoms. The third-order valence-corrected chi connectivity index (χ3v) is 5.57. The second kappa shape index (κ2) is 8.51. The number of benzene rings is 2. The molecule has 0 heterocycles. The van der Waals surface area contributed by atoms with Crippen molar-refractivity contribution in [1.82, 2.24) is 0 Å². The SMILES string of the molecule is CCC/C=C/C1CCC(c2ccc3cc(CCC)ccc3c2)CC1. The molecule has 0 bridgehead atoms. The van der Waals surface area contributed by atoms with E-state index in [2.05, 4.69) is 62.4 Å². The van der Waals surface area contributed by atoms with Crippen LogP contribution in [0.3, 0.4) is 0 Å². The number of fused-ring (bicyclic) bond motifs is 1. The molecular formula is C24H32. The van der Waals surface area contributed by atoms with E-state index in [-0.39, 0.29) is 0 Å². The second-order valence-corrected chi connectivity index (χ2v) is 7.52. The standard InChI is InChI=1S/C24H32/c1-3-5-6-8-19-9-12-21(13-10-19)23-16-15-22-17-20(7-4-2)11-14-24(22)18-23/h6,8,11,14-19,21H,3-5,7,9-10,12-13H2,1-2H3/b8-6+. The first kappa shape index (κ1) is 17.3. The molecule has 3 rings (SSSR count). The molecule has 0 amide bonds. The summed E-state index contributed by atoms with van der Waals surface area (Å²) in [4.78, 5) is 0. The van der Waals surface area contributed by atoms with Gasteiger partial charge in [-0.25, -0.2) is 0 Å². The van der Waals surface area contributed by atoms with E-state index in [4.69, 9.17) is 0 Å². The lowest BCUT2D eigenvalue weighted by Gasteiger charge is -2.27. The Morgan fingerprint density at radius 1 is 0.875 bits per heavy atom. The number of aryl methyl sites for hydroxylation is 1. The van der Waals surface area contributed by atoms with Gasteiger partial charge in [0.05, 0.1) is 0 Å². The topological polar surface area (TPSA) is 0 Å². The number of unbranched alkanes of at least 4 members (excludes halogenated alkanes) is 1. The molecule has 0 aliphatic heterocycles. The Kier molecular flexibility index (Phi) is 6.12. The van der Waals surface area contributed by atoms with Gasteiger partial charge in [0, 0.05) is 0 Å². The van der Waals surface area contributed by atoms with Gasteiger partial charge in [-0.05, 0) is 72.3 Å². The van der Waals surface area contributed by atoms with Gasteiger partial charge in [-0.2, -0.15) is 0 Å². The van der Waals surface area contributed by atoms with Crippen molar-refractivity contribution in [1.29, 1.82) is 0 Å². The van der Waals surface area contributed by atoms with Gasteiger partial charge in [-0.15, -0.1) is 0 Å². The molecule has 1 aliphatic rings. The number of rotatable bonds is 6. The molecule has 2 aromatic rings. The smallest absolute Gasteiger partial charge is 0.0161 e. The average Bonchev–Trinajstić information content (AvgIpc) is 2.62. The Balaban J connectivity index is 1.66. The van der Waals surface area contributed by atoms with Crippen LogP contribution < -0.4 is 0 Å². The Morgan fingerprint density at radius 3 is 2.38 bits per heavy atom. The summed E-state index contributed by atoms with van der Waals surface area (Å²) in [5.74, 6) is 1.59. The maximum Gasteiger partial charge on any atom is -0.0161 e. The third kappa shape index (κ3) is 4.29. The third-order valence-electron chi connectivity index (χ3n) is 5.57. The van der Waals surface area contributed by atoms with Crippen molar-refractivity contribution < 1.29 is 0 Å². The first-order valence-corrected chi connectivity index (χ1v) is 9.99.